The van der Waals surface area contributed by atoms with Gasteiger partial charge in [0.2, 0.25) is 11.8 Å². The summed E-state index contributed by atoms with van der Waals surface area (Å²) >= 11 is 0. The Bertz CT molecular complexity index is 850. The monoisotopic (exact) mass is 366 g/mol. The van der Waals surface area contributed by atoms with Crippen LogP contribution in [0.5, 0.6) is 0 Å². The molecule has 1 saturated heterocycles. The average Bonchev–Trinajstić information content (AvgIpc) is 3.03. The molecule has 6 nitrogen and oxygen atoms in total. The standard InChI is InChI=1S/C21H22N2O4/c1-14(16-7-3-2-4-8-16)23-13-17(12-19(23)24)21(27)22-18-9-5-6-15(10-18)11-20(25)26/h2-10,14,17H,11-13H2,1H3,(H,22,27)(H,25,26)/t14-,17-/m1/s1. The van der Waals surface area contributed by atoms with E-state index in [0.717, 1.165) is 5.56 Å². The molecule has 2 amide bonds. The molecule has 0 aromatic heterocycles. The Labute approximate surface area is 157 Å². The number of benzene rings is 2. The Balaban J connectivity index is 1.65. The van der Waals surface area contributed by atoms with Gasteiger partial charge in [0, 0.05) is 18.7 Å². The molecule has 3 rings (SSSR count). The Kier molecular flexibility index (Phi) is 5.54. The van der Waals surface area contributed by atoms with Crippen molar-refractivity contribution in [2.24, 2.45) is 5.92 Å². The number of carbonyl (C=O) groups excluding carboxylic acids is 2. The lowest BCUT2D eigenvalue weighted by Gasteiger charge is -2.25. The number of likely N-dealkylation sites (tertiary alicyclic amines) is 1. The van der Waals surface area contributed by atoms with E-state index in [1.807, 2.05) is 37.3 Å². The fourth-order valence-electron chi connectivity index (χ4n) is 3.37. The zero-order valence-corrected chi connectivity index (χ0v) is 15.1. The van der Waals surface area contributed by atoms with Gasteiger partial charge in [-0.15, -0.1) is 0 Å². The summed E-state index contributed by atoms with van der Waals surface area (Å²) in [4.78, 5) is 37.6. The van der Waals surface area contributed by atoms with Crippen molar-refractivity contribution in [2.75, 3.05) is 11.9 Å². The first-order chi connectivity index (χ1) is 12.9. The third-order valence-electron chi connectivity index (χ3n) is 4.83. The molecule has 140 valence electrons. The normalized spacial score (nSPS) is 17.6. The van der Waals surface area contributed by atoms with Gasteiger partial charge in [-0.25, -0.2) is 0 Å². The molecular weight excluding hydrogens is 344 g/mol. The molecule has 2 aromatic rings. The number of anilines is 1. The minimum absolute atomic E-state index is 0.0360. The van der Waals surface area contributed by atoms with E-state index < -0.39 is 11.9 Å². The summed E-state index contributed by atoms with van der Waals surface area (Å²) < 4.78 is 0. The van der Waals surface area contributed by atoms with Crippen LogP contribution in [0.4, 0.5) is 5.69 Å². The van der Waals surface area contributed by atoms with Crippen molar-refractivity contribution in [3.63, 3.8) is 0 Å². The molecule has 2 aromatic carbocycles. The van der Waals surface area contributed by atoms with Crippen LogP contribution >= 0.6 is 0 Å². The second kappa shape index (κ2) is 8.03. The van der Waals surface area contributed by atoms with Gasteiger partial charge < -0.3 is 15.3 Å². The molecule has 2 N–H and O–H groups in total. The van der Waals surface area contributed by atoms with E-state index >= 15 is 0 Å². The smallest absolute Gasteiger partial charge is 0.307 e. The van der Waals surface area contributed by atoms with Crippen LogP contribution in [0.1, 0.15) is 30.5 Å². The van der Waals surface area contributed by atoms with Crippen molar-refractivity contribution < 1.29 is 19.5 Å². The molecule has 0 aliphatic carbocycles. The van der Waals surface area contributed by atoms with E-state index in [4.69, 9.17) is 5.11 Å². The van der Waals surface area contributed by atoms with Crippen molar-refractivity contribution in [3.05, 3.63) is 65.7 Å². The number of nitrogens with one attached hydrogen (secondary N) is 1. The van der Waals surface area contributed by atoms with Gasteiger partial charge in [-0.1, -0.05) is 42.5 Å². The summed E-state index contributed by atoms with van der Waals surface area (Å²) in [5.41, 5.74) is 2.19. The van der Waals surface area contributed by atoms with Gasteiger partial charge in [-0.2, -0.15) is 0 Å². The highest BCUT2D eigenvalue weighted by Crippen LogP contribution is 2.29. The molecular formula is C21H22N2O4. The Morgan fingerprint density at radius 1 is 1.19 bits per heavy atom. The molecule has 0 radical (unpaired) electrons. The van der Waals surface area contributed by atoms with E-state index in [2.05, 4.69) is 5.32 Å². The summed E-state index contributed by atoms with van der Waals surface area (Å²) in [5.74, 6) is -1.61. The maximum absolute atomic E-state index is 12.6. The highest BCUT2D eigenvalue weighted by Gasteiger charge is 2.37. The molecule has 2 atom stereocenters. The number of hydrogen-bond acceptors (Lipinski definition) is 3. The minimum Gasteiger partial charge on any atom is -0.481 e. The lowest BCUT2D eigenvalue weighted by Crippen LogP contribution is -2.30. The molecule has 6 heteroatoms. The first kappa shape index (κ1) is 18.6. The molecule has 0 saturated carbocycles. The number of amides is 2. The van der Waals surface area contributed by atoms with Gasteiger partial charge >= 0.3 is 5.97 Å². The Hall–Kier alpha value is -3.15. The van der Waals surface area contributed by atoms with Crippen LogP contribution in [-0.4, -0.2) is 34.3 Å². The highest BCUT2D eigenvalue weighted by atomic mass is 16.4. The molecule has 0 unspecified atom stereocenters. The van der Waals surface area contributed by atoms with Crippen LogP contribution in [0, 0.1) is 5.92 Å². The highest BCUT2D eigenvalue weighted by molar-refractivity contribution is 5.97. The van der Waals surface area contributed by atoms with Crippen LogP contribution < -0.4 is 5.32 Å². The van der Waals surface area contributed by atoms with E-state index in [0.29, 0.717) is 17.8 Å². The van der Waals surface area contributed by atoms with E-state index in [-0.39, 0.29) is 30.7 Å². The number of rotatable bonds is 6. The topological polar surface area (TPSA) is 86.7 Å². The Morgan fingerprint density at radius 3 is 2.63 bits per heavy atom. The lowest BCUT2D eigenvalue weighted by atomic mass is 10.1. The molecule has 1 heterocycles. The quantitative estimate of drug-likeness (QED) is 0.823. The van der Waals surface area contributed by atoms with Crippen molar-refractivity contribution in [1.29, 1.82) is 0 Å². The van der Waals surface area contributed by atoms with Gasteiger partial charge in [0.05, 0.1) is 18.4 Å². The summed E-state index contributed by atoms with van der Waals surface area (Å²) in [5, 5.41) is 11.7. The van der Waals surface area contributed by atoms with Crippen LogP contribution in [0.25, 0.3) is 0 Å². The maximum Gasteiger partial charge on any atom is 0.307 e. The molecule has 1 fully saturated rings. The van der Waals surface area contributed by atoms with Gasteiger partial charge in [-0.05, 0) is 30.2 Å². The predicted molar refractivity (Wildman–Crippen MR) is 101 cm³/mol. The van der Waals surface area contributed by atoms with Crippen LogP contribution in [-0.2, 0) is 20.8 Å². The third-order valence-corrected chi connectivity index (χ3v) is 4.83. The van der Waals surface area contributed by atoms with Crippen LogP contribution in [0.3, 0.4) is 0 Å². The summed E-state index contributed by atoms with van der Waals surface area (Å²) in [6.07, 6.45) is 0.0752. The van der Waals surface area contributed by atoms with Crippen LogP contribution in [0.2, 0.25) is 0 Å². The van der Waals surface area contributed by atoms with Crippen LogP contribution in [0.15, 0.2) is 54.6 Å². The molecule has 0 spiro atoms. The lowest BCUT2D eigenvalue weighted by molar-refractivity contribution is -0.136. The van der Waals surface area contributed by atoms with Gasteiger partial charge in [0.25, 0.3) is 0 Å². The zero-order chi connectivity index (χ0) is 19.4. The number of aliphatic carboxylic acids is 1. The molecule has 0 bridgehead atoms. The second-order valence-electron chi connectivity index (χ2n) is 6.79. The fraction of sp³-hybridized carbons (Fsp3) is 0.286. The minimum atomic E-state index is -0.926. The van der Waals surface area contributed by atoms with Gasteiger partial charge in [0.15, 0.2) is 0 Å². The van der Waals surface area contributed by atoms with Crippen molar-refractivity contribution in [3.8, 4) is 0 Å². The molecule has 1 aliphatic heterocycles. The number of hydrogen-bond donors (Lipinski definition) is 2. The fourth-order valence-corrected chi connectivity index (χ4v) is 3.37. The number of carboxylic acid groups (broad SMARTS) is 1. The summed E-state index contributed by atoms with van der Waals surface area (Å²) in [6.45, 7) is 2.33. The van der Waals surface area contributed by atoms with Gasteiger partial charge in [-0.3, -0.25) is 14.4 Å². The first-order valence-electron chi connectivity index (χ1n) is 8.90. The van der Waals surface area contributed by atoms with Crippen molar-refractivity contribution >= 4 is 23.5 Å². The predicted octanol–water partition coefficient (Wildman–Crippen LogP) is 2.86. The zero-order valence-electron chi connectivity index (χ0n) is 15.1. The summed E-state index contributed by atoms with van der Waals surface area (Å²) in [7, 11) is 0. The maximum atomic E-state index is 12.6. The molecule has 27 heavy (non-hydrogen) atoms. The number of carboxylic acids is 1. The van der Waals surface area contributed by atoms with E-state index in [1.54, 1.807) is 29.2 Å². The number of carbonyl (C=O) groups is 3. The average molecular weight is 366 g/mol. The first-order valence-corrected chi connectivity index (χ1v) is 8.90. The summed E-state index contributed by atoms with van der Waals surface area (Å²) in [6, 6.07) is 16.4. The van der Waals surface area contributed by atoms with E-state index in [9.17, 15) is 14.4 Å². The molecule has 1 aliphatic rings. The second-order valence-corrected chi connectivity index (χ2v) is 6.79. The number of nitrogens with zero attached hydrogens (tertiary/aromatic N) is 1. The SMILES string of the molecule is C[C@H](c1ccccc1)N1C[C@H](C(=O)Nc2cccc(CC(=O)O)c2)CC1=O. The van der Waals surface area contributed by atoms with E-state index in [1.165, 1.54) is 0 Å². The van der Waals surface area contributed by atoms with Gasteiger partial charge in [0.1, 0.15) is 0 Å². The Morgan fingerprint density at radius 2 is 1.93 bits per heavy atom. The largest absolute Gasteiger partial charge is 0.481 e. The third kappa shape index (κ3) is 4.53. The van der Waals surface area contributed by atoms with Crippen molar-refractivity contribution in [2.45, 2.75) is 25.8 Å². The van der Waals surface area contributed by atoms with Crippen molar-refractivity contribution in [1.82, 2.24) is 4.90 Å².